The zero-order chi connectivity index (χ0) is 13.0. The van der Waals surface area contributed by atoms with Crippen LogP contribution in [-0.2, 0) is 14.3 Å². The van der Waals surface area contributed by atoms with Gasteiger partial charge in [0.25, 0.3) is 5.91 Å². The Morgan fingerprint density at radius 3 is 2.58 bits per heavy atom. The van der Waals surface area contributed by atoms with Crippen LogP contribution in [0.25, 0.3) is 0 Å². The molecule has 5 nitrogen and oxygen atoms in total. The van der Waals surface area contributed by atoms with E-state index in [2.05, 4.69) is 5.32 Å². The number of nitrogens with one attached hydrogen (secondary N) is 1. The summed E-state index contributed by atoms with van der Waals surface area (Å²) in [6, 6.07) is 7.46. The van der Waals surface area contributed by atoms with E-state index in [1.807, 2.05) is 31.2 Å². The molecule has 1 amide bonds. The van der Waals surface area contributed by atoms with Crippen LogP contribution in [0, 0.1) is 0 Å². The summed E-state index contributed by atoms with van der Waals surface area (Å²) >= 11 is 0. The molecule has 0 radical (unpaired) electrons. The molecule has 1 aliphatic rings. The lowest BCUT2D eigenvalue weighted by Gasteiger charge is -2.22. The van der Waals surface area contributed by atoms with Crippen molar-refractivity contribution in [3.63, 3.8) is 0 Å². The number of ether oxygens (including phenoxy) is 2. The number of carbonyl (C=O) groups is 1. The van der Waals surface area contributed by atoms with Crippen LogP contribution in [0.4, 0.5) is 5.69 Å². The lowest BCUT2D eigenvalue weighted by atomic mass is 10.1. The van der Waals surface area contributed by atoms with Crippen LogP contribution < -0.4 is 11.1 Å². The Labute approximate surface area is 118 Å². The molecule has 6 heteroatoms. The fourth-order valence-corrected chi connectivity index (χ4v) is 1.73. The quantitative estimate of drug-likeness (QED) is 0.883. The average molecular weight is 287 g/mol. The van der Waals surface area contributed by atoms with E-state index >= 15 is 0 Å². The Bertz CT molecular complexity index is 403. The minimum atomic E-state index is -0.521. The molecule has 1 aromatic rings. The third-order valence-electron chi connectivity index (χ3n) is 2.81. The standard InChI is InChI=1S/C13H18N2O3.ClH/c1-9(14)10-2-4-11(5-3-10)15-13(16)12-8-17-6-7-18-12;/h2-5,9,12H,6-8,14H2,1H3,(H,15,16);1H. The number of halogens is 1. The molecule has 1 aromatic carbocycles. The Morgan fingerprint density at radius 1 is 1.37 bits per heavy atom. The van der Waals surface area contributed by atoms with Gasteiger partial charge in [0.15, 0.2) is 6.10 Å². The number of rotatable bonds is 3. The molecule has 1 aliphatic heterocycles. The molecule has 2 atom stereocenters. The van der Waals surface area contributed by atoms with Crippen molar-refractivity contribution in [3.05, 3.63) is 29.8 Å². The van der Waals surface area contributed by atoms with Gasteiger partial charge in [-0.25, -0.2) is 0 Å². The predicted octanol–water partition coefficient (Wildman–Crippen LogP) is 1.48. The molecular weight excluding hydrogens is 268 g/mol. The normalized spacial score (nSPS) is 20.2. The van der Waals surface area contributed by atoms with E-state index in [-0.39, 0.29) is 24.4 Å². The van der Waals surface area contributed by atoms with Gasteiger partial charge in [-0.05, 0) is 24.6 Å². The largest absolute Gasteiger partial charge is 0.376 e. The van der Waals surface area contributed by atoms with Crippen LogP contribution in [0.3, 0.4) is 0 Å². The number of carbonyl (C=O) groups excluding carboxylic acids is 1. The number of benzene rings is 1. The van der Waals surface area contributed by atoms with Gasteiger partial charge >= 0.3 is 0 Å². The molecule has 1 fully saturated rings. The fraction of sp³-hybridized carbons (Fsp3) is 0.462. The molecule has 2 unspecified atom stereocenters. The molecule has 0 aromatic heterocycles. The molecule has 0 aliphatic carbocycles. The maximum absolute atomic E-state index is 11.8. The van der Waals surface area contributed by atoms with Gasteiger partial charge in [-0.3, -0.25) is 4.79 Å². The summed E-state index contributed by atoms with van der Waals surface area (Å²) in [6.45, 7) is 3.24. The summed E-state index contributed by atoms with van der Waals surface area (Å²) < 4.78 is 10.5. The maximum atomic E-state index is 11.8. The van der Waals surface area contributed by atoms with Crippen LogP contribution in [-0.4, -0.2) is 31.8 Å². The van der Waals surface area contributed by atoms with Crippen molar-refractivity contribution in [1.82, 2.24) is 0 Å². The van der Waals surface area contributed by atoms with Crippen molar-refractivity contribution >= 4 is 24.0 Å². The van der Waals surface area contributed by atoms with Crippen molar-refractivity contribution in [3.8, 4) is 0 Å². The highest BCUT2D eigenvalue weighted by Gasteiger charge is 2.22. The smallest absolute Gasteiger partial charge is 0.255 e. The average Bonchev–Trinajstić information content (AvgIpc) is 2.40. The molecule has 2 rings (SSSR count). The van der Waals surface area contributed by atoms with Gasteiger partial charge in [0, 0.05) is 11.7 Å². The van der Waals surface area contributed by atoms with Crippen LogP contribution >= 0.6 is 12.4 Å². The van der Waals surface area contributed by atoms with Gasteiger partial charge < -0.3 is 20.5 Å². The monoisotopic (exact) mass is 286 g/mol. The van der Waals surface area contributed by atoms with E-state index in [0.717, 1.165) is 11.3 Å². The highest BCUT2D eigenvalue weighted by molar-refractivity contribution is 5.94. The van der Waals surface area contributed by atoms with E-state index in [1.54, 1.807) is 0 Å². The summed E-state index contributed by atoms with van der Waals surface area (Å²) in [5.74, 6) is -0.178. The second-order valence-electron chi connectivity index (χ2n) is 4.33. The van der Waals surface area contributed by atoms with E-state index in [4.69, 9.17) is 15.2 Å². The van der Waals surface area contributed by atoms with Crippen molar-refractivity contribution in [1.29, 1.82) is 0 Å². The van der Waals surface area contributed by atoms with Crippen LogP contribution in [0.15, 0.2) is 24.3 Å². The first-order valence-electron chi connectivity index (χ1n) is 6.02. The molecule has 3 N–H and O–H groups in total. The zero-order valence-corrected chi connectivity index (χ0v) is 11.6. The van der Waals surface area contributed by atoms with Crippen molar-refractivity contribution < 1.29 is 14.3 Å². The van der Waals surface area contributed by atoms with Crippen molar-refractivity contribution in [2.75, 3.05) is 25.1 Å². The van der Waals surface area contributed by atoms with Gasteiger partial charge in [0.1, 0.15) is 0 Å². The minimum absolute atomic E-state index is 0. The number of hydrogen-bond acceptors (Lipinski definition) is 4. The van der Waals surface area contributed by atoms with Crippen LogP contribution in [0.2, 0.25) is 0 Å². The molecule has 1 saturated heterocycles. The Morgan fingerprint density at radius 2 is 2.05 bits per heavy atom. The lowest BCUT2D eigenvalue weighted by Crippen LogP contribution is -2.39. The van der Waals surface area contributed by atoms with E-state index < -0.39 is 6.10 Å². The number of hydrogen-bond donors (Lipinski definition) is 2. The summed E-state index contributed by atoms with van der Waals surface area (Å²) in [5, 5.41) is 2.79. The third-order valence-corrected chi connectivity index (χ3v) is 2.81. The summed E-state index contributed by atoms with van der Waals surface area (Å²) in [4.78, 5) is 11.8. The highest BCUT2D eigenvalue weighted by atomic mass is 35.5. The minimum Gasteiger partial charge on any atom is -0.376 e. The summed E-state index contributed by atoms with van der Waals surface area (Å²) in [5.41, 5.74) is 7.53. The molecule has 0 bridgehead atoms. The Balaban J connectivity index is 0.00000180. The molecule has 0 saturated carbocycles. The third kappa shape index (κ3) is 4.47. The predicted molar refractivity (Wildman–Crippen MR) is 75.5 cm³/mol. The molecule has 19 heavy (non-hydrogen) atoms. The van der Waals surface area contributed by atoms with Gasteiger partial charge in [-0.15, -0.1) is 12.4 Å². The summed E-state index contributed by atoms with van der Waals surface area (Å²) in [6.07, 6.45) is -0.521. The van der Waals surface area contributed by atoms with Gasteiger partial charge in [-0.2, -0.15) is 0 Å². The number of amides is 1. The highest BCUT2D eigenvalue weighted by Crippen LogP contribution is 2.15. The first-order chi connectivity index (χ1) is 8.66. The molecule has 106 valence electrons. The van der Waals surface area contributed by atoms with Crippen molar-refractivity contribution in [2.45, 2.75) is 19.1 Å². The fourth-order valence-electron chi connectivity index (χ4n) is 1.73. The van der Waals surface area contributed by atoms with Gasteiger partial charge in [0.05, 0.1) is 19.8 Å². The van der Waals surface area contributed by atoms with Gasteiger partial charge in [-0.1, -0.05) is 12.1 Å². The van der Waals surface area contributed by atoms with Crippen molar-refractivity contribution in [2.24, 2.45) is 5.73 Å². The Kier molecular flexibility index (Phi) is 6.24. The summed E-state index contributed by atoms with van der Waals surface area (Å²) in [7, 11) is 0. The molecule has 0 spiro atoms. The van der Waals surface area contributed by atoms with Crippen LogP contribution in [0.5, 0.6) is 0 Å². The van der Waals surface area contributed by atoms with Gasteiger partial charge in [0.2, 0.25) is 0 Å². The Hall–Kier alpha value is -1.14. The first-order valence-corrected chi connectivity index (χ1v) is 6.02. The topological polar surface area (TPSA) is 73.6 Å². The second kappa shape index (κ2) is 7.45. The van der Waals surface area contributed by atoms with E-state index in [0.29, 0.717) is 19.8 Å². The number of nitrogens with two attached hydrogens (primary N) is 1. The van der Waals surface area contributed by atoms with E-state index in [1.165, 1.54) is 0 Å². The number of anilines is 1. The first kappa shape index (κ1) is 15.9. The maximum Gasteiger partial charge on any atom is 0.255 e. The zero-order valence-electron chi connectivity index (χ0n) is 10.8. The SMILES string of the molecule is CC(N)c1ccc(NC(=O)C2COCCO2)cc1.Cl. The van der Waals surface area contributed by atoms with E-state index in [9.17, 15) is 4.79 Å². The lowest BCUT2D eigenvalue weighted by molar-refractivity contribution is -0.142. The molecular formula is C13H19ClN2O3. The second-order valence-corrected chi connectivity index (χ2v) is 4.33. The molecule has 1 heterocycles. The van der Waals surface area contributed by atoms with Crippen LogP contribution in [0.1, 0.15) is 18.5 Å².